The Morgan fingerprint density at radius 2 is 1.42 bits per heavy atom. The maximum atomic E-state index is 15.8. The van der Waals surface area contributed by atoms with Crippen molar-refractivity contribution in [3.63, 3.8) is 0 Å². The molecular weight excluding hydrogens is 339 g/mol. The summed E-state index contributed by atoms with van der Waals surface area (Å²) in [5, 5.41) is 10.3. The number of hydrogen-bond donors (Lipinski definition) is 1. The monoisotopic (exact) mass is 378 g/mol. The molecule has 144 valence electrons. The molecule has 0 spiro atoms. The van der Waals surface area contributed by atoms with Crippen molar-refractivity contribution in [2.75, 3.05) is 6.61 Å². The summed E-state index contributed by atoms with van der Waals surface area (Å²) in [4.78, 5) is 0. The van der Waals surface area contributed by atoms with Crippen LogP contribution in [0.4, 0.5) is 4.39 Å². The quantitative estimate of drug-likeness (QED) is 0.663. The molecule has 0 saturated heterocycles. The first kappa shape index (κ1) is 22.3. The highest BCUT2D eigenvalue weighted by molar-refractivity contribution is 6.74. The smallest absolute Gasteiger partial charge is 0.192 e. The molecule has 0 aliphatic heterocycles. The standard InChI is InChI=1S/C18H39FO3Si2/c1-16(2,3)23(7,8)21-13-18(19)14(20)11-12-15(18)22-24(9,10)17(4,5)6/h14-15,20H,11-13H2,1-10H3/t14-,15-,18+/m0/s1. The summed E-state index contributed by atoms with van der Waals surface area (Å²) in [6.07, 6.45) is -0.572. The first-order chi connectivity index (χ1) is 10.4. The summed E-state index contributed by atoms with van der Waals surface area (Å²) in [6, 6.07) is 0. The fourth-order valence-corrected chi connectivity index (χ4v) is 4.78. The van der Waals surface area contributed by atoms with Crippen molar-refractivity contribution < 1.29 is 18.3 Å². The van der Waals surface area contributed by atoms with E-state index < -0.39 is 34.5 Å². The lowest BCUT2D eigenvalue weighted by Gasteiger charge is -2.43. The van der Waals surface area contributed by atoms with Gasteiger partial charge in [-0.1, -0.05) is 41.5 Å². The van der Waals surface area contributed by atoms with E-state index in [2.05, 4.69) is 67.7 Å². The fourth-order valence-electron chi connectivity index (χ4n) is 2.39. The molecule has 24 heavy (non-hydrogen) atoms. The number of rotatable bonds is 5. The molecule has 1 N–H and O–H groups in total. The van der Waals surface area contributed by atoms with Gasteiger partial charge in [0.25, 0.3) is 0 Å². The summed E-state index contributed by atoms with van der Waals surface area (Å²) >= 11 is 0. The molecule has 0 radical (unpaired) electrons. The van der Waals surface area contributed by atoms with Crippen LogP contribution in [0.15, 0.2) is 0 Å². The van der Waals surface area contributed by atoms with Crippen LogP contribution in [0.1, 0.15) is 54.4 Å². The van der Waals surface area contributed by atoms with Crippen molar-refractivity contribution in [1.82, 2.24) is 0 Å². The SMILES string of the molecule is CC(C)(C)[Si](C)(C)OC[C@]1(F)[C@@H](O[Si](C)(C)C(C)(C)C)CC[C@@H]1O. The van der Waals surface area contributed by atoms with Crippen LogP contribution in [0.25, 0.3) is 0 Å². The van der Waals surface area contributed by atoms with E-state index in [0.29, 0.717) is 12.8 Å². The van der Waals surface area contributed by atoms with Gasteiger partial charge < -0.3 is 14.0 Å². The van der Waals surface area contributed by atoms with Crippen LogP contribution in [0, 0.1) is 0 Å². The van der Waals surface area contributed by atoms with Crippen LogP contribution >= 0.6 is 0 Å². The van der Waals surface area contributed by atoms with E-state index in [1.54, 1.807) is 0 Å². The van der Waals surface area contributed by atoms with Gasteiger partial charge in [0, 0.05) is 0 Å². The predicted octanol–water partition coefficient (Wildman–Crippen LogP) is 5.26. The summed E-state index contributed by atoms with van der Waals surface area (Å²) in [6.45, 7) is 21.3. The number of halogens is 1. The van der Waals surface area contributed by atoms with Crippen molar-refractivity contribution in [3.8, 4) is 0 Å². The van der Waals surface area contributed by atoms with Crippen LogP contribution in [-0.2, 0) is 8.85 Å². The van der Waals surface area contributed by atoms with E-state index in [4.69, 9.17) is 8.85 Å². The van der Waals surface area contributed by atoms with E-state index in [-0.39, 0.29) is 16.7 Å². The first-order valence-corrected chi connectivity index (χ1v) is 14.9. The lowest BCUT2D eigenvalue weighted by Crippen LogP contribution is -2.55. The Labute approximate surface area is 150 Å². The van der Waals surface area contributed by atoms with Gasteiger partial charge in [-0.2, -0.15) is 0 Å². The second-order valence-electron chi connectivity index (χ2n) is 10.4. The van der Waals surface area contributed by atoms with E-state index in [1.807, 2.05) is 0 Å². The Hall–Kier alpha value is 0.244. The van der Waals surface area contributed by atoms with Crippen LogP contribution in [0.2, 0.25) is 36.3 Å². The van der Waals surface area contributed by atoms with Gasteiger partial charge in [0.2, 0.25) is 0 Å². The minimum absolute atomic E-state index is 0.0156. The van der Waals surface area contributed by atoms with Gasteiger partial charge in [0.1, 0.15) is 0 Å². The number of aliphatic hydroxyl groups is 1. The Bertz CT molecular complexity index is 441. The van der Waals surface area contributed by atoms with Gasteiger partial charge in [0.05, 0.1) is 18.8 Å². The topological polar surface area (TPSA) is 38.7 Å². The normalized spacial score (nSPS) is 30.0. The molecule has 0 unspecified atom stereocenters. The molecule has 3 atom stereocenters. The molecular formula is C18H39FO3Si2. The highest BCUT2D eigenvalue weighted by Crippen LogP contribution is 2.45. The van der Waals surface area contributed by atoms with Crippen molar-refractivity contribution in [1.29, 1.82) is 0 Å². The molecule has 0 aromatic carbocycles. The van der Waals surface area contributed by atoms with Crippen molar-refractivity contribution >= 4 is 16.6 Å². The molecule has 1 rings (SSSR count). The molecule has 1 aliphatic rings. The van der Waals surface area contributed by atoms with E-state index in [9.17, 15) is 5.11 Å². The minimum Gasteiger partial charge on any atom is -0.413 e. The van der Waals surface area contributed by atoms with Gasteiger partial charge >= 0.3 is 0 Å². The van der Waals surface area contributed by atoms with E-state index in [0.717, 1.165) is 0 Å². The zero-order valence-electron chi connectivity index (χ0n) is 17.4. The third kappa shape index (κ3) is 4.50. The Morgan fingerprint density at radius 1 is 0.958 bits per heavy atom. The molecule has 3 nitrogen and oxygen atoms in total. The molecule has 0 bridgehead atoms. The largest absolute Gasteiger partial charge is 0.413 e. The first-order valence-electron chi connectivity index (χ1n) is 9.13. The van der Waals surface area contributed by atoms with Crippen LogP contribution in [0.5, 0.6) is 0 Å². The molecule has 6 heteroatoms. The second kappa shape index (κ2) is 6.76. The lowest BCUT2D eigenvalue weighted by molar-refractivity contribution is -0.0739. The summed E-state index contributed by atoms with van der Waals surface area (Å²) < 4.78 is 28.2. The average Bonchev–Trinajstić information content (AvgIpc) is 2.62. The number of hydrogen-bond acceptors (Lipinski definition) is 3. The van der Waals surface area contributed by atoms with Crippen molar-refractivity contribution in [2.45, 2.75) is 109 Å². The molecule has 0 amide bonds. The molecule has 1 fully saturated rings. The summed E-state index contributed by atoms with van der Waals surface area (Å²) in [5.41, 5.74) is -1.80. The van der Waals surface area contributed by atoms with Gasteiger partial charge in [-0.15, -0.1) is 0 Å². The van der Waals surface area contributed by atoms with E-state index in [1.165, 1.54) is 0 Å². The third-order valence-corrected chi connectivity index (χ3v) is 15.5. The third-order valence-electron chi connectivity index (χ3n) is 6.50. The van der Waals surface area contributed by atoms with Crippen LogP contribution in [0.3, 0.4) is 0 Å². The number of aliphatic hydroxyl groups excluding tert-OH is 1. The maximum Gasteiger partial charge on any atom is 0.192 e. The second-order valence-corrected chi connectivity index (χ2v) is 20.0. The van der Waals surface area contributed by atoms with E-state index >= 15 is 4.39 Å². The highest BCUT2D eigenvalue weighted by atomic mass is 28.4. The molecule has 0 heterocycles. The van der Waals surface area contributed by atoms with Crippen molar-refractivity contribution in [3.05, 3.63) is 0 Å². The van der Waals surface area contributed by atoms with Gasteiger partial charge in [-0.05, 0) is 49.1 Å². The lowest BCUT2D eigenvalue weighted by atomic mass is 10.0. The Kier molecular flexibility index (Phi) is 6.28. The number of alkyl halides is 1. The summed E-state index contributed by atoms with van der Waals surface area (Å²) in [5.74, 6) is 0. The Morgan fingerprint density at radius 3 is 1.83 bits per heavy atom. The molecule has 0 aromatic heterocycles. The fraction of sp³-hybridized carbons (Fsp3) is 1.00. The molecule has 1 saturated carbocycles. The Balaban J connectivity index is 2.93. The average molecular weight is 379 g/mol. The minimum atomic E-state index is -2.10. The van der Waals surface area contributed by atoms with Crippen LogP contribution < -0.4 is 0 Å². The van der Waals surface area contributed by atoms with Crippen LogP contribution in [-0.4, -0.2) is 46.2 Å². The molecule has 1 aliphatic carbocycles. The summed E-state index contributed by atoms with van der Waals surface area (Å²) in [7, 11) is -4.16. The van der Waals surface area contributed by atoms with Gasteiger partial charge in [-0.3, -0.25) is 0 Å². The van der Waals surface area contributed by atoms with Gasteiger partial charge in [-0.25, -0.2) is 4.39 Å². The predicted molar refractivity (Wildman–Crippen MR) is 104 cm³/mol. The van der Waals surface area contributed by atoms with Gasteiger partial charge in [0.15, 0.2) is 22.3 Å². The maximum absolute atomic E-state index is 15.8. The highest BCUT2D eigenvalue weighted by Gasteiger charge is 2.55. The zero-order valence-corrected chi connectivity index (χ0v) is 19.4. The van der Waals surface area contributed by atoms with Crippen molar-refractivity contribution in [2.24, 2.45) is 0 Å². The zero-order chi connectivity index (χ0) is 19.2. The molecule has 0 aromatic rings.